The lowest BCUT2D eigenvalue weighted by Gasteiger charge is -2.21. The Morgan fingerprint density at radius 1 is 1.50 bits per heavy atom. The molecule has 1 saturated carbocycles. The highest BCUT2D eigenvalue weighted by Crippen LogP contribution is 2.58. The zero-order chi connectivity index (χ0) is 8.93. The first-order valence-electron chi connectivity index (χ1n) is 3.87. The van der Waals surface area contributed by atoms with Gasteiger partial charge in [-0.1, -0.05) is 12.2 Å². The third-order valence-corrected chi connectivity index (χ3v) is 2.81. The maximum absolute atomic E-state index is 10.7. The standard InChI is InChI=1S/C8H10O4/c9-5-1-2-8(7(11)12)3-4(8)6(5)10/h1-2,4-6,9-10H,3H2,(H,11,12). The highest BCUT2D eigenvalue weighted by atomic mass is 16.4. The highest BCUT2D eigenvalue weighted by Gasteiger charge is 2.64. The Morgan fingerprint density at radius 3 is 2.75 bits per heavy atom. The number of rotatable bonds is 1. The van der Waals surface area contributed by atoms with E-state index in [1.54, 1.807) is 0 Å². The van der Waals surface area contributed by atoms with Crippen LogP contribution in [-0.2, 0) is 4.79 Å². The lowest BCUT2D eigenvalue weighted by molar-refractivity contribution is -0.143. The van der Waals surface area contributed by atoms with Crippen molar-refractivity contribution in [1.82, 2.24) is 0 Å². The first-order valence-corrected chi connectivity index (χ1v) is 3.87. The quantitative estimate of drug-likeness (QED) is 0.458. The summed E-state index contributed by atoms with van der Waals surface area (Å²) >= 11 is 0. The number of fused-ring (bicyclic) bond motifs is 1. The fraction of sp³-hybridized carbons (Fsp3) is 0.625. The Labute approximate surface area is 69.1 Å². The smallest absolute Gasteiger partial charge is 0.313 e. The van der Waals surface area contributed by atoms with Gasteiger partial charge in [0.15, 0.2) is 0 Å². The average Bonchev–Trinajstić information content (AvgIpc) is 2.74. The van der Waals surface area contributed by atoms with Crippen LogP contribution in [0.25, 0.3) is 0 Å². The van der Waals surface area contributed by atoms with E-state index in [2.05, 4.69) is 0 Å². The van der Waals surface area contributed by atoms with Crippen LogP contribution in [0.2, 0.25) is 0 Å². The van der Waals surface area contributed by atoms with Gasteiger partial charge in [-0.05, 0) is 6.42 Å². The summed E-state index contributed by atoms with van der Waals surface area (Å²) in [6, 6.07) is 0. The van der Waals surface area contributed by atoms with Gasteiger partial charge in [-0.15, -0.1) is 0 Å². The minimum Gasteiger partial charge on any atom is -0.481 e. The Bertz CT molecular complexity index is 260. The number of hydrogen-bond donors (Lipinski definition) is 3. The fourth-order valence-corrected chi connectivity index (χ4v) is 1.86. The summed E-state index contributed by atoms with van der Waals surface area (Å²) in [6.45, 7) is 0. The second-order valence-electron chi connectivity index (χ2n) is 3.50. The van der Waals surface area contributed by atoms with E-state index >= 15 is 0 Å². The topological polar surface area (TPSA) is 77.8 Å². The van der Waals surface area contributed by atoms with Crippen LogP contribution in [0.4, 0.5) is 0 Å². The summed E-state index contributed by atoms with van der Waals surface area (Å²) < 4.78 is 0. The van der Waals surface area contributed by atoms with Gasteiger partial charge in [-0.25, -0.2) is 0 Å². The van der Waals surface area contributed by atoms with E-state index in [-0.39, 0.29) is 5.92 Å². The van der Waals surface area contributed by atoms with Crippen LogP contribution in [-0.4, -0.2) is 33.5 Å². The third kappa shape index (κ3) is 0.763. The van der Waals surface area contributed by atoms with Crippen LogP contribution < -0.4 is 0 Å². The van der Waals surface area contributed by atoms with Gasteiger partial charge in [0.25, 0.3) is 0 Å². The van der Waals surface area contributed by atoms with E-state index in [1.165, 1.54) is 12.2 Å². The zero-order valence-electron chi connectivity index (χ0n) is 6.34. The Balaban J connectivity index is 2.28. The summed E-state index contributed by atoms with van der Waals surface area (Å²) in [7, 11) is 0. The van der Waals surface area contributed by atoms with Crippen molar-refractivity contribution in [1.29, 1.82) is 0 Å². The molecule has 12 heavy (non-hydrogen) atoms. The molecule has 0 bridgehead atoms. The van der Waals surface area contributed by atoms with Crippen molar-refractivity contribution in [3.05, 3.63) is 12.2 Å². The van der Waals surface area contributed by atoms with Crippen LogP contribution in [0.3, 0.4) is 0 Å². The first kappa shape index (κ1) is 7.76. The predicted molar refractivity (Wildman–Crippen MR) is 39.3 cm³/mol. The number of hydrogen-bond acceptors (Lipinski definition) is 3. The van der Waals surface area contributed by atoms with Crippen LogP contribution in [0.15, 0.2) is 12.2 Å². The normalized spacial score (nSPS) is 50.0. The molecule has 4 unspecified atom stereocenters. The van der Waals surface area contributed by atoms with Crippen molar-refractivity contribution in [2.24, 2.45) is 11.3 Å². The van der Waals surface area contributed by atoms with E-state index < -0.39 is 23.6 Å². The van der Waals surface area contributed by atoms with Gasteiger partial charge in [0.1, 0.15) is 0 Å². The molecule has 0 radical (unpaired) electrons. The van der Waals surface area contributed by atoms with Crippen LogP contribution in [0, 0.1) is 11.3 Å². The highest BCUT2D eigenvalue weighted by molar-refractivity contribution is 5.82. The molecule has 2 rings (SSSR count). The molecular formula is C8H10O4. The number of carboxylic acid groups (broad SMARTS) is 1. The SMILES string of the molecule is O=C(O)C12C=CC(O)C(O)C1C2. The summed E-state index contributed by atoms with van der Waals surface area (Å²) in [4.78, 5) is 10.7. The van der Waals surface area contributed by atoms with Crippen LogP contribution >= 0.6 is 0 Å². The van der Waals surface area contributed by atoms with Crippen molar-refractivity contribution < 1.29 is 20.1 Å². The number of aliphatic hydroxyl groups is 2. The maximum atomic E-state index is 10.7. The predicted octanol–water partition coefficient (Wildman–Crippen LogP) is -0.631. The molecule has 1 fully saturated rings. The molecule has 0 amide bonds. The van der Waals surface area contributed by atoms with Crippen molar-refractivity contribution in [2.75, 3.05) is 0 Å². The van der Waals surface area contributed by atoms with E-state index in [1.807, 2.05) is 0 Å². The maximum Gasteiger partial charge on any atom is 0.313 e. The lowest BCUT2D eigenvalue weighted by Crippen LogP contribution is -2.34. The summed E-state index contributed by atoms with van der Waals surface area (Å²) in [6.07, 6.45) is 1.49. The molecule has 0 aromatic heterocycles. The monoisotopic (exact) mass is 170 g/mol. The molecule has 4 nitrogen and oxygen atoms in total. The third-order valence-electron chi connectivity index (χ3n) is 2.81. The second kappa shape index (κ2) is 2.08. The molecule has 0 aromatic rings. The molecule has 2 aliphatic rings. The molecule has 4 atom stereocenters. The molecule has 66 valence electrons. The van der Waals surface area contributed by atoms with Crippen LogP contribution in [0.1, 0.15) is 6.42 Å². The van der Waals surface area contributed by atoms with Gasteiger partial charge in [-0.3, -0.25) is 4.79 Å². The number of carbonyl (C=O) groups is 1. The summed E-state index contributed by atoms with van der Waals surface area (Å²) in [5, 5.41) is 27.3. The molecule has 3 N–H and O–H groups in total. The van der Waals surface area contributed by atoms with E-state index in [0.29, 0.717) is 6.42 Å². The van der Waals surface area contributed by atoms with Crippen molar-refractivity contribution in [2.45, 2.75) is 18.6 Å². The van der Waals surface area contributed by atoms with Crippen LogP contribution in [0.5, 0.6) is 0 Å². The average molecular weight is 170 g/mol. The summed E-state index contributed by atoms with van der Waals surface area (Å²) in [5.41, 5.74) is -0.876. The Morgan fingerprint density at radius 2 is 2.17 bits per heavy atom. The van der Waals surface area contributed by atoms with Gasteiger partial charge in [0.05, 0.1) is 17.6 Å². The Hall–Kier alpha value is -0.870. The van der Waals surface area contributed by atoms with Crippen molar-refractivity contribution >= 4 is 5.97 Å². The Kier molecular flexibility index (Phi) is 1.35. The molecule has 0 spiro atoms. The molecule has 0 aromatic carbocycles. The van der Waals surface area contributed by atoms with Gasteiger partial charge in [-0.2, -0.15) is 0 Å². The van der Waals surface area contributed by atoms with Gasteiger partial charge in [0, 0.05) is 5.92 Å². The number of carboxylic acids is 1. The van der Waals surface area contributed by atoms with E-state index in [9.17, 15) is 9.90 Å². The molecule has 2 aliphatic carbocycles. The largest absolute Gasteiger partial charge is 0.481 e. The number of aliphatic carboxylic acids is 1. The zero-order valence-corrected chi connectivity index (χ0v) is 6.34. The molecular weight excluding hydrogens is 160 g/mol. The van der Waals surface area contributed by atoms with Crippen molar-refractivity contribution in [3.63, 3.8) is 0 Å². The molecule has 4 heteroatoms. The molecule has 0 heterocycles. The first-order chi connectivity index (χ1) is 5.58. The fourth-order valence-electron chi connectivity index (χ4n) is 1.86. The summed E-state index contributed by atoms with van der Waals surface area (Å²) in [5.74, 6) is -1.20. The van der Waals surface area contributed by atoms with E-state index in [0.717, 1.165) is 0 Å². The van der Waals surface area contributed by atoms with Crippen molar-refractivity contribution in [3.8, 4) is 0 Å². The second-order valence-corrected chi connectivity index (χ2v) is 3.50. The molecule has 0 aliphatic heterocycles. The minimum absolute atomic E-state index is 0.296. The minimum atomic E-state index is -0.911. The van der Waals surface area contributed by atoms with Gasteiger partial charge < -0.3 is 15.3 Å². The number of aliphatic hydroxyl groups excluding tert-OH is 2. The van der Waals surface area contributed by atoms with Gasteiger partial charge in [0.2, 0.25) is 0 Å². The lowest BCUT2D eigenvalue weighted by atomic mass is 9.92. The molecule has 0 saturated heterocycles. The van der Waals surface area contributed by atoms with Gasteiger partial charge >= 0.3 is 5.97 Å². The van der Waals surface area contributed by atoms with E-state index in [4.69, 9.17) is 10.2 Å².